The third-order valence-electron chi connectivity index (χ3n) is 3.65. The molecule has 1 aliphatic heterocycles. The molecule has 0 N–H and O–H groups in total. The maximum atomic E-state index is 11.5. The molecule has 1 heterocycles. The number of sulfone groups is 1. The molecule has 0 aromatic heterocycles. The first-order chi connectivity index (χ1) is 9.02. The van der Waals surface area contributed by atoms with Crippen molar-refractivity contribution in [3.05, 3.63) is 24.3 Å². The summed E-state index contributed by atoms with van der Waals surface area (Å²) >= 11 is 6.06. The van der Waals surface area contributed by atoms with Gasteiger partial charge in [-0.2, -0.15) is 0 Å². The highest BCUT2D eigenvalue weighted by Gasteiger charge is 2.20. The Morgan fingerprint density at radius 1 is 1.21 bits per heavy atom. The summed E-state index contributed by atoms with van der Waals surface area (Å²) in [4.78, 5) is 2.68. The zero-order chi connectivity index (χ0) is 13.9. The zero-order valence-electron chi connectivity index (χ0n) is 11.2. The highest BCUT2D eigenvalue weighted by molar-refractivity contribution is 7.90. The molecule has 19 heavy (non-hydrogen) atoms. The molecule has 1 aliphatic rings. The smallest absolute Gasteiger partial charge is 0.175 e. The van der Waals surface area contributed by atoms with E-state index in [9.17, 15) is 8.42 Å². The number of halogens is 1. The van der Waals surface area contributed by atoms with Gasteiger partial charge in [0.15, 0.2) is 9.84 Å². The Morgan fingerprint density at radius 2 is 1.89 bits per heavy atom. The van der Waals surface area contributed by atoms with E-state index in [1.54, 1.807) is 12.1 Å². The molecule has 1 fully saturated rings. The third kappa shape index (κ3) is 3.63. The van der Waals surface area contributed by atoms with Crippen LogP contribution in [0.15, 0.2) is 29.2 Å². The number of nitrogens with zero attached hydrogens (tertiary/aromatic N) is 1. The van der Waals surface area contributed by atoms with E-state index in [4.69, 9.17) is 11.6 Å². The largest absolute Gasteiger partial charge is 0.367 e. The maximum absolute atomic E-state index is 11.5. The van der Waals surface area contributed by atoms with Gasteiger partial charge in [0.25, 0.3) is 0 Å². The average Bonchev–Trinajstić information content (AvgIpc) is 2.62. The van der Waals surface area contributed by atoms with E-state index in [1.165, 1.54) is 25.5 Å². The predicted molar refractivity (Wildman–Crippen MR) is 79.9 cm³/mol. The molecule has 1 saturated heterocycles. The molecular weight excluding hydrogens is 282 g/mol. The lowest BCUT2D eigenvalue weighted by molar-refractivity contribution is 0.601. The minimum Gasteiger partial charge on any atom is -0.367 e. The van der Waals surface area contributed by atoms with E-state index in [0.717, 1.165) is 18.7 Å². The minimum absolute atomic E-state index is 0.355. The summed E-state index contributed by atoms with van der Waals surface area (Å²) in [6, 6.07) is 7.50. The topological polar surface area (TPSA) is 37.4 Å². The second-order valence-electron chi connectivity index (χ2n) is 5.12. The molecule has 5 heteroatoms. The second kappa shape index (κ2) is 6.14. The molecule has 1 aromatic carbocycles. The van der Waals surface area contributed by atoms with Gasteiger partial charge >= 0.3 is 0 Å². The summed E-state index contributed by atoms with van der Waals surface area (Å²) in [6.07, 6.45) is 5.97. The molecule has 106 valence electrons. The third-order valence-corrected chi connectivity index (χ3v) is 5.14. The highest BCUT2D eigenvalue weighted by Crippen LogP contribution is 2.26. The fraction of sp³-hybridized carbons (Fsp3) is 0.571. The Labute approximate surface area is 120 Å². The molecule has 0 radical (unpaired) electrons. The van der Waals surface area contributed by atoms with Crippen molar-refractivity contribution >= 4 is 27.1 Å². The zero-order valence-corrected chi connectivity index (χ0v) is 12.8. The van der Waals surface area contributed by atoms with Gasteiger partial charge in [0.2, 0.25) is 0 Å². The van der Waals surface area contributed by atoms with Crippen LogP contribution in [-0.4, -0.2) is 33.1 Å². The van der Waals surface area contributed by atoms with Crippen molar-refractivity contribution in [1.82, 2.24) is 0 Å². The Bertz CT molecular complexity index is 513. The van der Waals surface area contributed by atoms with Crippen LogP contribution in [0.4, 0.5) is 5.69 Å². The first-order valence-electron chi connectivity index (χ1n) is 6.65. The summed E-state index contributed by atoms with van der Waals surface area (Å²) < 4.78 is 22.9. The second-order valence-corrected chi connectivity index (χ2v) is 7.44. The summed E-state index contributed by atoms with van der Waals surface area (Å²) in [5, 5.41) is 0. The molecule has 0 aliphatic carbocycles. The number of hydrogen-bond acceptors (Lipinski definition) is 3. The van der Waals surface area contributed by atoms with Crippen LogP contribution in [0.2, 0.25) is 0 Å². The van der Waals surface area contributed by atoms with E-state index in [2.05, 4.69) is 4.90 Å². The van der Waals surface area contributed by atoms with E-state index >= 15 is 0 Å². The van der Waals surface area contributed by atoms with Crippen molar-refractivity contribution in [3.8, 4) is 0 Å². The molecule has 0 bridgehead atoms. The van der Waals surface area contributed by atoms with Gasteiger partial charge in [0, 0.05) is 30.4 Å². The summed E-state index contributed by atoms with van der Waals surface area (Å²) in [7, 11) is -3.12. The van der Waals surface area contributed by atoms with Crippen molar-refractivity contribution in [3.63, 3.8) is 0 Å². The lowest BCUT2D eigenvalue weighted by Gasteiger charge is -2.30. The van der Waals surface area contributed by atoms with Crippen molar-refractivity contribution < 1.29 is 8.42 Å². The normalized spacial score (nSPS) is 21.2. The number of benzene rings is 1. The SMILES string of the molecule is CS(=O)(=O)c1ccc(N2CCCCCC2CCl)cc1. The monoisotopic (exact) mass is 301 g/mol. The molecule has 2 rings (SSSR count). The Balaban J connectivity index is 2.24. The fourth-order valence-corrected chi connectivity index (χ4v) is 3.51. The molecular formula is C14H20ClNO2S. The van der Waals surface area contributed by atoms with Gasteiger partial charge in [-0.25, -0.2) is 8.42 Å². The number of anilines is 1. The van der Waals surface area contributed by atoms with E-state index in [1.807, 2.05) is 12.1 Å². The minimum atomic E-state index is -3.12. The Morgan fingerprint density at radius 3 is 2.47 bits per heavy atom. The van der Waals surface area contributed by atoms with Crippen molar-refractivity contribution in [2.45, 2.75) is 36.6 Å². The van der Waals surface area contributed by atoms with Crippen LogP contribution in [0.25, 0.3) is 0 Å². The number of rotatable bonds is 3. The first-order valence-corrected chi connectivity index (χ1v) is 9.07. The molecule has 0 saturated carbocycles. The van der Waals surface area contributed by atoms with Gasteiger partial charge in [-0.3, -0.25) is 0 Å². The van der Waals surface area contributed by atoms with Crippen molar-refractivity contribution in [2.75, 3.05) is 23.6 Å². The number of alkyl halides is 1. The van der Waals surface area contributed by atoms with Gasteiger partial charge in [0.05, 0.1) is 4.90 Å². The highest BCUT2D eigenvalue weighted by atomic mass is 35.5. The lowest BCUT2D eigenvalue weighted by atomic mass is 10.1. The lowest BCUT2D eigenvalue weighted by Crippen LogP contribution is -2.36. The average molecular weight is 302 g/mol. The van der Waals surface area contributed by atoms with Crippen molar-refractivity contribution in [2.24, 2.45) is 0 Å². The van der Waals surface area contributed by atoms with Crippen LogP contribution >= 0.6 is 11.6 Å². The van der Waals surface area contributed by atoms with Crippen LogP contribution in [0.1, 0.15) is 25.7 Å². The van der Waals surface area contributed by atoms with Gasteiger partial charge in [-0.1, -0.05) is 12.8 Å². The molecule has 0 spiro atoms. The van der Waals surface area contributed by atoms with Crippen LogP contribution in [0.3, 0.4) is 0 Å². The Hall–Kier alpha value is -0.740. The summed E-state index contributed by atoms with van der Waals surface area (Å²) in [5.41, 5.74) is 1.07. The van der Waals surface area contributed by atoms with Crippen LogP contribution in [0.5, 0.6) is 0 Å². The summed E-state index contributed by atoms with van der Waals surface area (Å²) in [6.45, 7) is 0.996. The molecule has 3 nitrogen and oxygen atoms in total. The number of hydrogen-bond donors (Lipinski definition) is 0. The predicted octanol–water partition coefficient (Wildman–Crippen LogP) is 3.08. The van der Waals surface area contributed by atoms with Crippen LogP contribution < -0.4 is 4.90 Å². The van der Waals surface area contributed by atoms with E-state index in [-0.39, 0.29) is 0 Å². The van der Waals surface area contributed by atoms with Crippen LogP contribution in [0, 0.1) is 0 Å². The fourth-order valence-electron chi connectivity index (χ4n) is 2.56. The molecule has 0 amide bonds. The molecule has 1 aromatic rings. The van der Waals surface area contributed by atoms with Gasteiger partial charge in [0.1, 0.15) is 0 Å². The van der Waals surface area contributed by atoms with E-state index < -0.39 is 9.84 Å². The van der Waals surface area contributed by atoms with Crippen molar-refractivity contribution in [1.29, 1.82) is 0 Å². The van der Waals surface area contributed by atoms with Gasteiger partial charge in [-0.15, -0.1) is 11.6 Å². The summed E-state index contributed by atoms with van der Waals surface area (Å²) in [5.74, 6) is 0.619. The van der Waals surface area contributed by atoms with Gasteiger partial charge in [-0.05, 0) is 37.1 Å². The van der Waals surface area contributed by atoms with Crippen LogP contribution in [-0.2, 0) is 9.84 Å². The van der Waals surface area contributed by atoms with E-state index in [0.29, 0.717) is 16.8 Å². The first kappa shape index (κ1) is 14.7. The molecule has 1 atom stereocenters. The maximum Gasteiger partial charge on any atom is 0.175 e. The van der Waals surface area contributed by atoms with Gasteiger partial charge < -0.3 is 4.90 Å². The molecule has 1 unspecified atom stereocenters. The Kier molecular flexibility index (Phi) is 4.74. The standard InChI is InChI=1S/C14H20ClNO2S/c1-19(17,18)14-8-6-12(7-9-14)16-10-4-2-3-5-13(16)11-15/h6-9,13H,2-5,10-11H2,1H3. The quantitative estimate of drug-likeness (QED) is 0.805.